The van der Waals surface area contributed by atoms with Crippen molar-refractivity contribution in [2.75, 3.05) is 6.61 Å². The third-order valence-corrected chi connectivity index (χ3v) is 2.32. The van der Waals surface area contributed by atoms with Crippen LogP contribution in [0.15, 0.2) is 48.7 Å². The molecule has 0 spiro atoms. The molecule has 0 aliphatic heterocycles. The van der Waals surface area contributed by atoms with E-state index in [-0.39, 0.29) is 6.61 Å². The van der Waals surface area contributed by atoms with Crippen LogP contribution in [0, 0.1) is 11.8 Å². The van der Waals surface area contributed by atoms with Gasteiger partial charge in [0, 0.05) is 23.7 Å². The second-order valence-corrected chi connectivity index (χ2v) is 3.57. The first-order valence-corrected chi connectivity index (χ1v) is 5.51. The van der Waals surface area contributed by atoms with Gasteiger partial charge >= 0.3 is 0 Å². The molecule has 0 fully saturated rings. The Morgan fingerprint density at radius 2 is 1.88 bits per heavy atom. The average Bonchev–Trinajstić information content (AvgIpc) is 2.41. The predicted octanol–water partition coefficient (Wildman–Crippen LogP) is 2.48. The molecule has 0 atom stereocenters. The lowest BCUT2D eigenvalue weighted by Crippen LogP contribution is -1.82. The molecule has 2 heteroatoms. The molecule has 84 valence electrons. The van der Waals surface area contributed by atoms with Crippen LogP contribution in [-0.4, -0.2) is 16.7 Å². The van der Waals surface area contributed by atoms with Crippen molar-refractivity contribution in [3.8, 4) is 23.1 Å². The molecule has 0 amide bonds. The van der Waals surface area contributed by atoms with Crippen LogP contribution >= 0.6 is 0 Å². The van der Waals surface area contributed by atoms with E-state index < -0.39 is 0 Å². The van der Waals surface area contributed by atoms with Gasteiger partial charge in [0.25, 0.3) is 0 Å². The van der Waals surface area contributed by atoms with Crippen LogP contribution in [-0.2, 0) is 0 Å². The quantitative estimate of drug-likeness (QED) is 0.793. The van der Waals surface area contributed by atoms with E-state index in [1.165, 1.54) is 0 Å². The summed E-state index contributed by atoms with van der Waals surface area (Å²) in [5.41, 5.74) is 3.00. The Morgan fingerprint density at radius 3 is 2.53 bits per heavy atom. The summed E-state index contributed by atoms with van der Waals surface area (Å²) < 4.78 is 0. The maximum absolute atomic E-state index is 8.63. The number of aromatic nitrogens is 1. The number of pyridine rings is 1. The normalized spacial score (nSPS) is 9.47. The van der Waals surface area contributed by atoms with Crippen LogP contribution in [0.1, 0.15) is 12.0 Å². The molecule has 0 radical (unpaired) electrons. The Labute approximate surface area is 101 Å². The molecule has 2 rings (SSSR count). The summed E-state index contributed by atoms with van der Waals surface area (Å²) in [6.07, 6.45) is 2.30. The van der Waals surface area contributed by atoms with E-state index in [1.54, 1.807) is 6.20 Å². The van der Waals surface area contributed by atoms with Gasteiger partial charge < -0.3 is 5.11 Å². The summed E-state index contributed by atoms with van der Waals surface area (Å²) in [5, 5.41) is 8.63. The van der Waals surface area contributed by atoms with Crippen molar-refractivity contribution in [3.05, 3.63) is 54.2 Å². The van der Waals surface area contributed by atoms with Gasteiger partial charge in [-0.3, -0.25) is 4.98 Å². The Morgan fingerprint density at radius 1 is 1.06 bits per heavy atom. The number of aliphatic hydroxyl groups is 1. The van der Waals surface area contributed by atoms with Crippen molar-refractivity contribution in [1.29, 1.82) is 0 Å². The third-order valence-electron chi connectivity index (χ3n) is 2.32. The molecule has 0 saturated carbocycles. The zero-order valence-corrected chi connectivity index (χ0v) is 9.43. The molecule has 0 aliphatic carbocycles. The van der Waals surface area contributed by atoms with Gasteiger partial charge in [0.1, 0.15) is 0 Å². The molecule has 1 heterocycles. The molecule has 0 saturated heterocycles. The fourth-order valence-corrected chi connectivity index (χ4v) is 1.48. The van der Waals surface area contributed by atoms with E-state index in [1.807, 2.05) is 42.5 Å². The van der Waals surface area contributed by atoms with Crippen LogP contribution in [0.2, 0.25) is 0 Å². The van der Waals surface area contributed by atoms with E-state index in [0.29, 0.717) is 6.42 Å². The molecule has 0 bridgehead atoms. The molecule has 2 nitrogen and oxygen atoms in total. The number of benzene rings is 1. The number of aliphatic hydroxyl groups excluding tert-OH is 1. The molecule has 1 aromatic carbocycles. The van der Waals surface area contributed by atoms with Crippen LogP contribution in [0.3, 0.4) is 0 Å². The minimum Gasteiger partial charge on any atom is -0.395 e. The van der Waals surface area contributed by atoms with Gasteiger partial charge in [-0.25, -0.2) is 0 Å². The zero-order valence-electron chi connectivity index (χ0n) is 9.43. The molecular weight excluding hydrogens is 210 g/mol. The van der Waals surface area contributed by atoms with Crippen molar-refractivity contribution in [1.82, 2.24) is 4.98 Å². The van der Waals surface area contributed by atoms with Crippen LogP contribution in [0.5, 0.6) is 0 Å². The fraction of sp³-hybridized carbons (Fsp3) is 0.133. The number of hydrogen-bond acceptors (Lipinski definition) is 2. The fourth-order valence-electron chi connectivity index (χ4n) is 1.48. The summed E-state index contributed by atoms with van der Waals surface area (Å²) in [6, 6.07) is 13.8. The second-order valence-electron chi connectivity index (χ2n) is 3.57. The van der Waals surface area contributed by atoms with E-state index >= 15 is 0 Å². The maximum atomic E-state index is 8.63. The standard InChI is InChI=1S/C15H13NO/c17-12-4-2-5-13-7-9-14(10-8-13)15-6-1-3-11-16-15/h1,3,6-11,17H,4,12H2. The molecule has 17 heavy (non-hydrogen) atoms. The average molecular weight is 223 g/mol. The highest BCUT2D eigenvalue weighted by Gasteiger charge is 1.96. The summed E-state index contributed by atoms with van der Waals surface area (Å²) in [5.74, 6) is 5.89. The van der Waals surface area contributed by atoms with Gasteiger partial charge in [0.2, 0.25) is 0 Å². The van der Waals surface area contributed by atoms with Gasteiger partial charge in [-0.15, -0.1) is 0 Å². The lowest BCUT2D eigenvalue weighted by molar-refractivity contribution is 0.305. The topological polar surface area (TPSA) is 33.1 Å². The van der Waals surface area contributed by atoms with Crippen molar-refractivity contribution >= 4 is 0 Å². The second kappa shape index (κ2) is 5.83. The Kier molecular flexibility index (Phi) is 3.90. The Bertz CT molecular complexity index is 520. The molecule has 1 N–H and O–H groups in total. The number of rotatable bonds is 2. The highest BCUT2D eigenvalue weighted by Crippen LogP contribution is 2.16. The third kappa shape index (κ3) is 3.17. The summed E-state index contributed by atoms with van der Waals surface area (Å²) in [6.45, 7) is 0.110. The van der Waals surface area contributed by atoms with Crippen LogP contribution in [0.4, 0.5) is 0 Å². The molecule has 1 aromatic heterocycles. The van der Waals surface area contributed by atoms with Gasteiger partial charge in [-0.2, -0.15) is 0 Å². The lowest BCUT2D eigenvalue weighted by atomic mass is 10.1. The Balaban J connectivity index is 2.17. The summed E-state index contributed by atoms with van der Waals surface area (Å²) >= 11 is 0. The van der Waals surface area contributed by atoms with Crippen molar-refractivity contribution in [3.63, 3.8) is 0 Å². The van der Waals surface area contributed by atoms with Gasteiger partial charge in [0.15, 0.2) is 0 Å². The summed E-state index contributed by atoms with van der Waals surface area (Å²) in [7, 11) is 0. The van der Waals surface area contributed by atoms with Crippen LogP contribution < -0.4 is 0 Å². The van der Waals surface area contributed by atoms with Gasteiger partial charge in [-0.1, -0.05) is 30.0 Å². The maximum Gasteiger partial charge on any atom is 0.0701 e. The molecule has 2 aromatic rings. The van der Waals surface area contributed by atoms with Crippen molar-refractivity contribution in [2.24, 2.45) is 0 Å². The van der Waals surface area contributed by atoms with E-state index in [4.69, 9.17) is 5.11 Å². The number of hydrogen-bond donors (Lipinski definition) is 1. The SMILES string of the molecule is OCCC#Cc1ccc(-c2ccccn2)cc1. The highest BCUT2D eigenvalue weighted by molar-refractivity contribution is 5.60. The predicted molar refractivity (Wildman–Crippen MR) is 68.3 cm³/mol. The molecule has 0 unspecified atom stereocenters. The summed E-state index contributed by atoms with van der Waals surface area (Å²) in [4.78, 5) is 4.28. The Hall–Kier alpha value is -2.11. The van der Waals surface area contributed by atoms with E-state index in [0.717, 1.165) is 16.8 Å². The van der Waals surface area contributed by atoms with Crippen molar-refractivity contribution < 1.29 is 5.11 Å². The minimum absolute atomic E-state index is 0.110. The van der Waals surface area contributed by atoms with E-state index in [2.05, 4.69) is 16.8 Å². The van der Waals surface area contributed by atoms with Crippen LogP contribution in [0.25, 0.3) is 11.3 Å². The highest BCUT2D eigenvalue weighted by atomic mass is 16.2. The zero-order chi connectivity index (χ0) is 11.9. The van der Waals surface area contributed by atoms with Crippen molar-refractivity contribution in [2.45, 2.75) is 6.42 Å². The molecule has 0 aliphatic rings. The largest absolute Gasteiger partial charge is 0.395 e. The lowest BCUT2D eigenvalue weighted by Gasteiger charge is -1.99. The number of nitrogens with zero attached hydrogens (tertiary/aromatic N) is 1. The van der Waals surface area contributed by atoms with Gasteiger partial charge in [0.05, 0.1) is 12.3 Å². The first-order chi connectivity index (χ1) is 8.40. The smallest absolute Gasteiger partial charge is 0.0701 e. The first-order valence-electron chi connectivity index (χ1n) is 5.51. The molecular formula is C15H13NO. The minimum atomic E-state index is 0.110. The monoisotopic (exact) mass is 223 g/mol. The van der Waals surface area contributed by atoms with Gasteiger partial charge in [-0.05, 0) is 24.3 Å². The van der Waals surface area contributed by atoms with E-state index in [9.17, 15) is 0 Å². The first kappa shape index (κ1) is 11.4.